The van der Waals surface area contributed by atoms with E-state index in [1.165, 1.54) is 0 Å². The third-order valence-electron chi connectivity index (χ3n) is 4.28. The van der Waals surface area contributed by atoms with E-state index < -0.39 is 5.97 Å². The van der Waals surface area contributed by atoms with Gasteiger partial charge in [0.1, 0.15) is 0 Å². The van der Waals surface area contributed by atoms with Crippen LogP contribution in [-0.2, 0) is 11.3 Å². The molecule has 1 atom stereocenters. The number of nitrogens with zero attached hydrogens (tertiary/aromatic N) is 2. The molecule has 1 fully saturated rings. The van der Waals surface area contributed by atoms with Crippen LogP contribution in [0, 0.1) is 5.92 Å². The lowest BCUT2D eigenvalue weighted by atomic mass is 10.0. The van der Waals surface area contributed by atoms with Crippen molar-refractivity contribution in [3.63, 3.8) is 0 Å². The standard InChI is InChI=1S/C19H18BrClN2O3/c20-15-4-6-17(7-5-15)23-12-14(9-18(24)25)11-22(19(23)26)10-13-2-1-3-16(21)8-13/h1-8,14H,9-12H2,(H,24,25). The molecule has 26 heavy (non-hydrogen) atoms. The molecule has 1 aliphatic rings. The van der Waals surface area contributed by atoms with Gasteiger partial charge in [-0.3, -0.25) is 9.69 Å². The zero-order valence-corrected chi connectivity index (χ0v) is 16.3. The van der Waals surface area contributed by atoms with E-state index >= 15 is 0 Å². The van der Waals surface area contributed by atoms with Crippen molar-refractivity contribution >= 4 is 45.2 Å². The molecular formula is C19H18BrClN2O3. The molecular weight excluding hydrogens is 420 g/mol. The van der Waals surface area contributed by atoms with Gasteiger partial charge >= 0.3 is 12.0 Å². The molecule has 0 spiro atoms. The minimum Gasteiger partial charge on any atom is -0.481 e. The number of hydrogen-bond donors (Lipinski definition) is 1. The van der Waals surface area contributed by atoms with E-state index in [1.54, 1.807) is 15.9 Å². The predicted molar refractivity (Wildman–Crippen MR) is 104 cm³/mol. The lowest BCUT2D eigenvalue weighted by Crippen LogP contribution is -2.53. The van der Waals surface area contributed by atoms with Gasteiger partial charge in [-0.25, -0.2) is 4.79 Å². The number of rotatable bonds is 5. The second kappa shape index (κ2) is 8.10. The average molecular weight is 438 g/mol. The zero-order valence-electron chi connectivity index (χ0n) is 13.9. The molecule has 3 rings (SSSR count). The van der Waals surface area contributed by atoms with Gasteiger partial charge in [-0.1, -0.05) is 39.7 Å². The Morgan fingerprint density at radius 1 is 1.19 bits per heavy atom. The molecule has 7 heteroatoms. The van der Waals surface area contributed by atoms with Crippen LogP contribution < -0.4 is 4.90 Å². The maximum absolute atomic E-state index is 13.0. The molecule has 1 N–H and O–H groups in total. The summed E-state index contributed by atoms with van der Waals surface area (Å²) in [6.45, 7) is 1.19. The number of carbonyl (C=O) groups excluding carboxylic acids is 1. The van der Waals surface area contributed by atoms with E-state index in [0.29, 0.717) is 24.7 Å². The van der Waals surface area contributed by atoms with Gasteiger partial charge in [-0.2, -0.15) is 0 Å². The van der Waals surface area contributed by atoms with Crippen LogP contribution in [0.3, 0.4) is 0 Å². The van der Waals surface area contributed by atoms with Crippen molar-refractivity contribution < 1.29 is 14.7 Å². The van der Waals surface area contributed by atoms with E-state index in [1.807, 2.05) is 42.5 Å². The summed E-state index contributed by atoms with van der Waals surface area (Å²) in [6, 6.07) is 14.6. The predicted octanol–water partition coefficient (Wildman–Crippen LogP) is 4.64. The van der Waals surface area contributed by atoms with E-state index in [2.05, 4.69) is 15.9 Å². The van der Waals surface area contributed by atoms with Crippen molar-refractivity contribution in [1.29, 1.82) is 0 Å². The average Bonchev–Trinajstić information content (AvgIpc) is 2.58. The number of carbonyl (C=O) groups is 2. The van der Waals surface area contributed by atoms with Crippen molar-refractivity contribution in [2.24, 2.45) is 5.92 Å². The van der Waals surface area contributed by atoms with Crippen molar-refractivity contribution in [1.82, 2.24) is 4.90 Å². The lowest BCUT2D eigenvalue weighted by Gasteiger charge is -2.40. The van der Waals surface area contributed by atoms with E-state index in [9.17, 15) is 14.7 Å². The molecule has 0 radical (unpaired) electrons. The summed E-state index contributed by atoms with van der Waals surface area (Å²) in [6.07, 6.45) is 0.0202. The molecule has 1 heterocycles. The highest BCUT2D eigenvalue weighted by atomic mass is 79.9. The summed E-state index contributed by atoms with van der Waals surface area (Å²) in [5.41, 5.74) is 1.67. The van der Waals surface area contributed by atoms with Crippen molar-refractivity contribution in [3.05, 3.63) is 63.6 Å². The number of benzene rings is 2. The molecule has 2 amide bonds. The van der Waals surface area contributed by atoms with Gasteiger partial charge in [0, 0.05) is 40.7 Å². The Morgan fingerprint density at radius 2 is 1.92 bits per heavy atom. The fourth-order valence-electron chi connectivity index (χ4n) is 3.16. The molecule has 136 valence electrons. The first-order chi connectivity index (χ1) is 12.4. The first-order valence-corrected chi connectivity index (χ1v) is 9.37. The molecule has 0 aliphatic carbocycles. The second-order valence-corrected chi connectivity index (χ2v) is 7.70. The topological polar surface area (TPSA) is 60.9 Å². The highest BCUT2D eigenvalue weighted by Gasteiger charge is 2.33. The number of anilines is 1. The number of amides is 2. The molecule has 0 saturated carbocycles. The molecule has 5 nitrogen and oxygen atoms in total. The van der Waals surface area contributed by atoms with Gasteiger partial charge < -0.3 is 10.0 Å². The molecule has 2 aromatic carbocycles. The smallest absolute Gasteiger partial charge is 0.324 e. The van der Waals surface area contributed by atoms with Crippen molar-refractivity contribution in [2.45, 2.75) is 13.0 Å². The third-order valence-corrected chi connectivity index (χ3v) is 5.05. The summed E-state index contributed by atoms with van der Waals surface area (Å²) in [4.78, 5) is 27.5. The van der Waals surface area contributed by atoms with E-state index in [0.717, 1.165) is 15.7 Å². The molecule has 1 unspecified atom stereocenters. The van der Waals surface area contributed by atoms with Gasteiger partial charge in [0.05, 0.1) is 6.42 Å². The first kappa shape index (κ1) is 18.7. The largest absolute Gasteiger partial charge is 0.481 e. The van der Waals surface area contributed by atoms with Crippen LogP contribution in [0.25, 0.3) is 0 Å². The summed E-state index contributed by atoms with van der Waals surface area (Å²) in [5, 5.41) is 9.80. The van der Waals surface area contributed by atoms with Crippen LogP contribution in [0.4, 0.5) is 10.5 Å². The highest BCUT2D eigenvalue weighted by Crippen LogP contribution is 2.27. The monoisotopic (exact) mass is 436 g/mol. The summed E-state index contributed by atoms with van der Waals surface area (Å²) in [7, 11) is 0. The second-order valence-electron chi connectivity index (χ2n) is 6.34. The normalized spacial score (nSPS) is 17.5. The summed E-state index contributed by atoms with van der Waals surface area (Å²) >= 11 is 9.43. The lowest BCUT2D eigenvalue weighted by molar-refractivity contribution is -0.138. The number of halogens is 2. The van der Waals surface area contributed by atoms with Crippen LogP contribution in [-0.4, -0.2) is 35.1 Å². The van der Waals surface area contributed by atoms with Crippen LogP contribution in [0.5, 0.6) is 0 Å². The van der Waals surface area contributed by atoms with Gasteiger partial charge in [-0.15, -0.1) is 0 Å². The molecule has 0 aromatic heterocycles. The number of aliphatic carboxylic acids is 1. The maximum Gasteiger partial charge on any atom is 0.324 e. The van der Waals surface area contributed by atoms with Gasteiger partial charge in [-0.05, 0) is 42.0 Å². The van der Waals surface area contributed by atoms with Crippen LogP contribution in [0.2, 0.25) is 5.02 Å². The van der Waals surface area contributed by atoms with Crippen LogP contribution in [0.1, 0.15) is 12.0 Å². The zero-order chi connectivity index (χ0) is 18.7. The van der Waals surface area contributed by atoms with Crippen molar-refractivity contribution in [2.75, 3.05) is 18.0 Å². The quantitative estimate of drug-likeness (QED) is 0.741. The van der Waals surface area contributed by atoms with Gasteiger partial charge in [0.25, 0.3) is 0 Å². The fraction of sp³-hybridized carbons (Fsp3) is 0.263. The number of carboxylic acid groups (broad SMARTS) is 1. The SMILES string of the molecule is O=C(O)CC1CN(Cc2cccc(Cl)c2)C(=O)N(c2ccc(Br)cc2)C1. The van der Waals surface area contributed by atoms with Crippen molar-refractivity contribution in [3.8, 4) is 0 Å². The Kier molecular flexibility index (Phi) is 5.84. The van der Waals surface area contributed by atoms with Gasteiger partial charge in [0.2, 0.25) is 0 Å². The minimum atomic E-state index is -0.859. The number of carboxylic acids is 1. The first-order valence-electron chi connectivity index (χ1n) is 8.20. The van der Waals surface area contributed by atoms with Crippen LogP contribution in [0.15, 0.2) is 53.0 Å². The molecule has 0 bridgehead atoms. The Morgan fingerprint density at radius 3 is 2.58 bits per heavy atom. The van der Waals surface area contributed by atoms with Crippen LogP contribution >= 0.6 is 27.5 Å². The highest BCUT2D eigenvalue weighted by molar-refractivity contribution is 9.10. The Bertz CT molecular complexity index is 813. The third kappa shape index (κ3) is 4.56. The fourth-order valence-corrected chi connectivity index (χ4v) is 3.63. The number of urea groups is 1. The Hall–Kier alpha value is -2.05. The van der Waals surface area contributed by atoms with E-state index in [-0.39, 0.29) is 18.4 Å². The summed E-state index contributed by atoms with van der Waals surface area (Å²) < 4.78 is 0.920. The summed E-state index contributed by atoms with van der Waals surface area (Å²) in [5.74, 6) is -1.00. The van der Waals surface area contributed by atoms with E-state index in [4.69, 9.17) is 11.6 Å². The Labute approximate surface area is 165 Å². The number of hydrogen-bond acceptors (Lipinski definition) is 2. The van der Waals surface area contributed by atoms with Gasteiger partial charge in [0.15, 0.2) is 0 Å². The Balaban J connectivity index is 1.85. The maximum atomic E-state index is 13.0. The molecule has 1 saturated heterocycles. The minimum absolute atomic E-state index is 0.0202. The molecule has 1 aliphatic heterocycles. The molecule has 2 aromatic rings.